The van der Waals surface area contributed by atoms with Crippen LogP contribution in [0.15, 0.2) is 24.3 Å². The largest absolute Gasteiger partial charge is 0.314 e. The van der Waals surface area contributed by atoms with E-state index in [1.54, 1.807) is 0 Å². The predicted octanol–water partition coefficient (Wildman–Crippen LogP) is 3.83. The van der Waals surface area contributed by atoms with Gasteiger partial charge in [-0.2, -0.15) is 0 Å². The van der Waals surface area contributed by atoms with Gasteiger partial charge in [0.15, 0.2) is 0 Å². The Morgan fingerprint density at radius 1 is 1.10 bits per heavy atom. The van der Waals surface area contributed by atoms with Gasteiger partial charge < -0.3 is 5.32 Å². The van der Waals surface area contributed by atoms with Crippen molar-refractivity contribution in [2.75, 3.05) is 26.2 Å². The lowest BCUT2D eigenvalue weighted by Gasteiger charge is -2.38. The molecule has 20 heavy (non-hydrogen) atoms. The molecule has 0 saturated carbocycles. The van der Waals surface area contributed by atoms with Crippen molar-refractivity contribution in [3.63, 3.8) is 0 Å². The Kier molecular flexibility index (Phi) is 9.48. The average Bonchev–Trinajstić information content (AvgIpc) is 2.42. The van der Waals surface area contributed by atoms with Crippen LogP contribution in [-0.4, -0.2) is 31.1 Å². The Morgan fingerprint density at radius 2 is 1.65 bits per heavy atom. The highest BCUT2D eigenvalue weighted by molar-refractivity contribution is 5.85. The van der Waals surface area contributed by atoms with Crippen LogP contribution in [0, 0.1) is 12.8 Å². The molecule has 116 valence electrons. The molecular weight excluding hydrogens is 291 g/mol. The van der Waals surface area contributed by atoms with Gasteiger partial charge in [0.2, 0.25) is 0 Å². The minimum atomic E-state index is 0. The summed E-state index contributed by atoms with van der Waals surface area (Å²) < 4.78 is 0. The molecule has 1 aromatic rings. The highest BCUT2D eigenvalue weighted by Crippen LogP contribution is 2.31. The van der Waals surface area contributed by atoms with Crippen LogP contribution in [0.1, 0.15) is 37.4 Å². The van der Waals surface area contributed by atoms with Gasteiger partial charge in [-0.25, -0.2) is 0 Å². The third kappa shape index (κ3) is 4.92. The van der Waals surface area contributed by atoms with Crippen molar-refractivity contribution in [1.29, 1.82) is 0 Å². The molecule has 0 spiro atoms. The average molecular weight is 319 g/mol. The van der Waals surface area contributed by atoms with Gasteiger partial charge in [-0.3, -0.25) is 4.90 Å². The number of aryl methyl sites for hydroxylation is 1. The molecule has 2 rings (SSSR count). The van der Waals surface area contributed by atoms with Gasteiger partial charge >= 0.3 is 0 Å². The van der Waals surface area contributed by atoms with E-state index >= 15 is 0 Å². The monoisotopic (exact) mass is 318 g/mol. The maximum Gasteiger partial charge on any atom is 0.0374 e. The van der Waals surface area contributed by atoms with E-state index in [9.17, 15) is 0 Å². The Morgan fingerprint density at radius 3 is 2.15 bits per heavy atom. The highest BCUT2D eigenvalue weighted by atomic mass is 35.5. The number of hydrogen-bond donors (Lipinski definition) is 1. The molecule has 1 N–H and O–H groups in total. The molecule has 1 aliphatic rings. The Hall–Kier alpha value is -0.280. The summed E-state index contributed by atoms with van der Waals surface area (Å²) in [5.74, 6) is 0.714. The molecule has 0 amide bonds. The summed E-state index contributed by atoms with van der Waals surface area (Å²) in [6.07, 6.45) is 1.24. The number of piperazine rings is 1. The topological polar surface area (TPSA) is 15.3 Å². The molecule has 0 radical (unpaired) electrons. The van der Waals surface area contributed by atoms with Gasteiger partial charge in [-0.15, -0.1) is 24.8 Å². The standard InChI is InChI=1S/C16H26N2.2ClH/c1-4-14(3)16(18-11-9-17-10-12-18)15-7-5-13(2)6-8-15;;/h5-8,14,16-17H,4,9-12H2,1-3H3;2*1H/t14?,16-;;/m1../s1. The van der Waals surface area contributed by atoms with E-state index < -0.39 is 0 Å². The second-order valence-electron chi connectivity index (χ2n) is 5.53. The van der Waals surface area contributed by atoms with Crippen LogP contribution in [0.2, 0.25) is 0 Å². The van der Waals surface area contributed by atoms with Crippen LogP contribution < -0.4 is 5.32 Å². The Labute approximate surface area is 136 Å². The number of benzene rings is 1. The smallest absolute Gasteiger partial charge is 0.0374 e. The predicted molar refractivity (Wildman–Crippen MR) is 92.3 cm³/mol. The number of rotatable bonds is 4. The van der Waals surface area contributed by atoms with E-state index in [0.29, 0.717) is 12.0 Å². The second kappa shape index (κ2) is 9.62. The first-order chi connectivity index (χ1) is 8.72. The van der Waals surface area contributed by atoms with Crippen LogP contribution in [0.4, 0.5) is 0 Å². The Bertz CT molecular complexity index is 361. The number of hydrogen-bond acceptors (Lipinski definition) is 2. The quantitative estimate of drug-likeness (QED) is 0.907. The lowest BCUT2D eigenvalue weighted by atomic mass is 9.90. The zero-order valence-corrected chi connectivity index (χ0v) is 14.4. The van der Waals surface area contributed by atoms with Crippen molar-refractivity contribution in [2.45, 2.75) is 33.2 Å². The molecule has 2 atom stereocenters. The molecule has 1 unspecified atom stereocenters. The van der Waals surface area contributed by atoms with Crippen molar-refractivity contribution >= 4 is 24.8 Å². The zero-order valence-electron chi connectivity index (χ0n) is 12.8. The minimum absolute atomic E-state index is 0. The molecule has 4 heteroatoms. The van der Waals surface area contributed by atoms with Gasteiger partial charge in [0.25, 0.3) is 0 Å². The van der Waals surface area contributed by atoms with Crippen molar-refractivity contribution in [3.05, 3.63) is 35.4 Å². The summed E-state index contributed by atoms with van der Waals surface area (Å²) in [7, 11) is 0. The third-order valence-electron chi connectivity index (χ3n) is 4.15. The molecule has 2 nitrogen and oxygen atoms in total. The van der Waals surface area contributed by atoms with Crippen molar-refractivity contribution < 1.29 is 0 Å². The lowest BCUT2D eigenvalue weighted by molar-refractivity contribution is 0.128. The van der Waals surface area contributed by atoms with E-state index in [-0.39, 0.29) is 24.8 Å². The first-order valence-corrected chi connectivity index (χ1v) is 7.23. The SMILES string of the molecule is CCC(C)[C@H](c1ccc(C)cc1)N1CCNCC1.Cl.Cl. The van der Waals surface area contributed by atoms with Gasteiger partial charge in [0, 0.05) is 32.2 Å². The molecule has 1 aromatic carbocycles. The third-order valence-corrected chi connectivity index (χ3v) is 4.15. The number of nitrogens with zero attached hydrogens (tertiary/aromatic N) is 1. The molecule has 0 aliphatic carbocycles. The number of nitrogens with one attached hydrogen (secondary N) is 1. The molecular formula is C16H28Cl2N2. The summed E-state index contributed by atoms with van der Waals surface area (Å²) in [5, 5.41) is 3.45. The number of halogens is 2. The van der Waals surface area contributed by atoms with Gasteiger partial charge in [0.05, 0.1) is 0 Å². The first kappa shape index (κ1) is 19.7. The minimum Gasteiger partial charge on any atom is -0.314 e. The first-order valence-electron chi connectivity index (χ1n) is 7.23. The maximum absolute atomic E-state index is 3.45. The summed E-state index contributed by atoms with van der Waals surface area (Å²) in [5.41, 5.74) is 2.83. The Balaban J connectivity index is 0.00000180. The van der Waals surface area contributed by atoms with Crippen LogP contribution >= 0.6 is 24.8 Å². The van der Waals surface area contributed by atoms with Crippen LogP contribution in [0.25, 0.3) is 0 Å². The van der Waals surface area contributed by atoms with Crippen LogP contribution in [0.5, 0.6) is 0 Å². The fourth-order valence-electron chi connectivity index (χ4n) is 2.85. The van der Waals surface area contributed by atoms with Gasteiger partial charge in [-0.1, -0.05) is 50.1 Å². The fourth-order valence-corrected chi connectivity index (χ4v) is 2.85. The summed E-state index contributed by atoms with van der Waals surface area (Å²) in [4.78, 5) is 2.65. The van der Waals surface area contributed by atoms with Gasteiger partial charge in [0.1, 0.15) is 0 Å². The molecule has 1 aliphatic heterocycles. The molecule has 1 heterocycles. The van der Waals surface area contributed by atoms with Crippen molar-refractivity contribution in [2.24, 2.45) is 5.92 Å². The maximum atomic E-state index is 3.45. The van der Waals surface area contributed by atoms with E-state index in [4.69, 9.17) is 0 Å². The van der Waals surface area contributed by atoms with Crippen LogP contribution in [-0.2, 0) is 0 Å². The zero-order chi connectivity index (χ0) is 13.0. The summed E-state index contributed by atoms with van der Waals surface area (Å²) >= 11 is 0. The van der Waals surface area contributed by atoms with E-state index in [2.05, 4.69) is 55.3 Å². The van der Waals surface area contributed by atoms with Gasteiger partial charge in [-0.05, 0) is 18.4 Å². The van der Waals surface area contributed by atoms with Crippen molar-refractivity contribution in [1.82, 2.24) is 10.2 Å². The second-order valence-corrected chi connectivity index (χ2v) is 5.53. The highest BCUT2D eigenvalue weighted by Gasteiger charge is 2.26. The fraction of sp³-hybridized carbons (Fsp3) is 0.625. The van der Waals surface area contributed by atoms with Crippen LogP contribution in [0.3, 0.4) is 0 Å². The normalized spacial score (nSPS) is 18.6. The molecule has 1 fully saturated rings. The van der Waals surface area contributed by atoms with Crippen molar-refractivity contribution in [3.8, 4) is 0 Å². The molecule has 1 saturated heterocycles. The van der Waals surface area contributed by atoms with E-state index in [1.807, 2.05) is 0 Å². The molecule has 0 bridgehead atoms. The summed E-state index contributed by atoms with van der Waals surface area (Å²) in [6.45, 7) is 11.4. The molecule has 0 aromatic heterocycles. The summed E-state index contributed by atoms with van der Waals surface area (Å²) in [6, 6.07) is 9.69. The van der Waals surface area contributed by atoms with E-state index in [1.165, 1.54) is 30.6 Å². The van der Waals surface area contributed by atoms with E-state index in [0.717, 1.165) is 13.1 Å². The lowest BCUT2D eigenvalue weighted by Crippen LogP contribution is -2.46.